The number of benzene rings is 1. The quantitative estimate of drug-likeness (QED) is 0.869. The van der Waals surface area contributed by atoms with E-state index in [2.05, 4.69) is 0 Å². The molecule has 5 nitrogen and oxygen atoms in total. The lowest BCUT2D eigenvalue weighted by Gasteiger charge is -2.30. The van der Waals surface area contributed by atoms with Gasteiger partial charge < -0.3 is 15.5 Å². The molecule has 1 saturated heterocycles. The molecule has 1 aliphatic heterocycles. The van der Waals surface area contributed by atoms with Gasteiger partial charge in [-0.2, -0.15) is 0 Å². The largest absolute Gasteiger partial charge is 0.345 e. The average Bonchev–Trinajstić information content (AvgIpc) is 2.90. The van der Waals surface area contributed by atoms with Gasteiger partial charge >= 0.3 is 0 Å². The normalized spacial score (nSPS) is 17.4. The summed E-state index contributed by atoms with van der Waals surface area (Å²) in [7, 11) is 1.80. The Kier molecular flexibility index (Phi) is 7.03. The zero-order chi connectivity index (χ0) is 18.1. The molecule has 0 radical (unpaired) electrons. The summed E-state index contributed by atoms with van der Waals surface area (Å²) in [6, 6.07) is 5.94. The number of hydrogen-bond acceptors (Lipinski definition) is 3. The first-order valence-electron chi connectivity index (χ1n) is 8.48. The summed E-state index contributed by atoms with van der Waals surface area (Å²) in [4.78, 5) is 28.6. The Morgan fingerprint density at radius 2 is 2.00 bits per heavy atom. The number of aryl methyl sites for hydroxylation is 1. The highest BCUT2D eigenvalue weighted by Crippen LogP contribution is 2.30. The van der Waals surface area contributed by atoms with Crippen LogP contribution in [0, 0.1) is 25.2 Å². The third-order valence-corrected chi connectivity index (χ3v) is 4.94. The molecule has 25 heavy (non-hydrogen) atoms. The molecular weight excluding hydrogens is 338 g/mol. The number of hydrogen-bond donors (Lipinski definition) is 1. The molecule has 1 aliphatic rings. The van der Waals surface area contributed by atoms with Crippen molar-refractivity contribution in [2.45, 2.75) is 34.1 Å². The van der Waals surface area contributed by atoms with Crippen LogP contribution >= 0.6 is 12.4 Å². The van der Waals surface area contributed by atoms with E-state index in [-0.39, 0.29) is 42.0 Å². The van der Waals surface area contributed by atoms with Crippen LogP contribution in [0.4, 0.5) is 5.69 Å². The molecule has 2 rings (SSSR count). The van der Waals surface area contributed by atoms with Crippen LogP contribution in [0.2, 0.25) is 0 Å². The molecule has 0 bridgehead atoms. The Balaban J connectivity index is 0.00000312. The Labute approximate surface area is 157 Å². The van der Waals surface area contributed by atoms with Gasteiger partial charge in [0.15, 0.2) is 0 Å². The van der Waals surface area contributed by atoms with Crippen molar-refractivity contribution in [2.75, 3.05) is 31.6 Å². The van der Waals surface area contributed by atoms with Crippen molar-refractivity contribution in [2.24, 2.45) is 17.1 Å². The maximum Gasteiger partial charge on any atom is 0.227 e. The van der Waals surface area contributed by atoms with Crippen LogP contribution in [0.1, 0.15) is 31.4 Å². The topological polar surface area (TPSA) is 66.6 Å². The number of carbonyl (C=O) groups is 2. The summed E-state index contributed by atoms with van der Waals surface area (Å²) >= 11 is 0. The molecule has 1 atom stereocenters. The highest BCUT2D eigenvalue weighted by molar-refractivity contribution is 6.00. The van der Waals surface area contributed by atoms with Crippen molar-refractivity contribution in [1.29, 1.82) is 0 Å². The van der Waals surface area contributed by atoms with Gasteiger partial charge in [0.05, 0.1) is 5.92 Å². The van der Waals surface area contributed by atoms with Crippen molar-refractivity contribution in [3.8, 4) is 0 Å². The van der Waals surface area contributed by atoms with Gasteiger partial charge in [-0.3, -0.25) is 9.59 Å². The summed E-state index contributed by atoms with van der Waals surface area (Å²) < 4.78 is 0. The number of nitrogens with zero attached hydrogens (tertiary/aromatic N) is 2. The van der Waals surface area contributed by atoms with E-state index in [1.807, 2.05) is 45.9 Å². The standard InChI is InChI=1S/C19H29N3O2.ClH/c1-13-7-6-8-16(14(13)2)22-10-15(9-17(22)23)18(24)21(5)12-19(3,4)11-20;/h6-8,15H,9-12,20H2,1-5H3;1H. The lowest BCUT2D eigenvalue weighted by molar-refractivity contribution is -0.135. The molecule has 0 spiro atoms. The van der Waals surface area contributed by atoms with Gasteiger partial charge in [0.25, 0.3) is 0 Å². The van der Waals surface area contributed by atoms with Crippen LogP contribution in [0.3, 0.4) is 0 Å². The molecule has 0 aromatic heterocycles. The maximum atomic E-state index is 12.7. The molecule has 0 aliphatic carbocycles. The average molecular weight is 368 g/mol. The first-order chi connectivity index (χ1) is 11.2. The second kappa shape index (κ2) is 8.19. The van der Waals surface area contributed by atoms with Crippen LogP contribution in [0.25, 0.3) is 0 Å². The lowest BCUT2D eigenvalue weighted by Crippen LogP contribution is -2.42. The van der Waals surface area contributed by atoms with Crippen molar-refractivity contribution in [3.05, 3.63) is 29.3 Å². The van der Waals surface area contributed by atoms with Crippen LogP contribution in [0.15, 0.2) is 18.2 Å². The fourth-order valence-corrected chi connectivity index (χ4v) is 3.23. The summed E-state index contributed by atoms with van der Waals surface area (Å²) in [5.41, 5.74) is 8.79. The SMILES string of the molecule is Cc1cccc(N2CC(C(=O)N(C)CC(C)(C)CN)CC2=O)c1C.Cl. The van der Waals surface area contributed by atoms with Gasteiger partial charge in [-0.15, -0.1) is 12.4 Å². The number of amides is 2. The smallest absolute Gasteiger partial charge is 0.227 e. The minimum atomic E-state index is -0.281. The lowest BCUT2D eigenvalue weighted by atomic mass is 9.92. The van der Waals surface area contributed by atoms with Crippen molar-refractivity contribution in [1.82, 2.24) is 4.90 Å². The third kappa shape index (κ3) is 4.73. The minimum Gasteiger partial charge on any atom is -0.345 e. The zero-order valence-electron chi connectivity index (χ0n) is 15.8. The molecule has 1 aromatic rings. The number of anilines is 1. The summed E-state index contributed by atoms with van der Waals surface area (Å²) in [6.45, 7) is 9.69. The van der Waals surface area contributed by atoms with Gasteiger partial charge in [0, 0.05) is 32.2 Å². The summed E-state index contributed by atoms with van der Waals surface area (Å²) in [6.07, 6.45) is 0.277. The molecule has 1 fully saturated rings. The molecule has 2 N–H and O–H groups in total. The molecule has 140 valence electrons. The number of nitrogens with two attached hydrogens (primary N) is 1. The van der Waals surface area contributed by atoms with Crippen LogP contribution in [-0.4, -0.2) is 43.4 Å². The number of carbonyl (C=O) groups excluding carboxylic acids is 2. The van der Waals surface area contributed by atoms with E-state index in [4.69, 9.17) is 5.73 Å². The molecule has 2 amide bonds. The predicted molar refractivity (Wildman–Crippen MR) is 104 cm³/mol. The Bertz CT molecular complexity index is 646. The van der Waals surface area contributed by atoms with E-state index >= 15 is 0 Å². The number of halogens is 1. The van der Waals surface area contributed by atoms with Crippen LogP contribution in [-0.2, 0) is 9.59 Å². The molecular formula is C19H30ClN3O2. The molecule has 1 heterocycles. The van der Waals surface area contributed by atoms with E-state index in [0.29, 0.717) is 19.6 Å². The van der Waals surface area contributed by atoms with Crippen LogP contribution < -0.4 is 10.6 Å². The predicted octanol–water partition coefficient (Wildman–Crippen LogP) is 2.52. The van der Waals surface area contributed by atoms with E-state index in [1.54, 1.807) is 16.8 Å². The van der Waals surface area contributed by atoms with Gasteiger partial charge in [-0.05, 0) is 43.0 Å². The Morgan fingerprint density at radius 3 is 2.60 bits per heavy atom. The first-order valence-corrected chi connectivity index (χ1v) is 8.48. The van der Waals surface area contributed by atoms with Crippen molar-refractivity contribution < 1.29 is 9.59 Å². The van der Waals surface area contributed by atoms with Crippen molar-refractivity contribution in [3.63, 3.8) is 0 Å². The van der Waals surface area contributed by atoms with Crippen molar-refractivity contribution >= 4 is 29.9 Å². The Morgan fingerprint density at radius 1 is 1.36 bits per heavy atom. The molecule has 0 saturated carbocycles. The third-order valence-electron chi connectivity index (χ3n) is 4.94. The monoisotopic (exact) mass is 367 g/mol. The van der Waals surface area contributed by atoms with E-state index in [0.717, 1.165) is 16.8 Å². The molecule has 1 aromatic carbocycles. The molecule has 6 heteroatoms. The fraction of sp³-hybridized carbons (Fsp3) is 0.579. The second-order valence-electron chi connectivity index (χ2n) is 7.69. The van der Waals surface area contributed by atoms with Gasteiger partial charge in [0.2, 0.25) is 11.8 Å². The second-order valence-corrected chi connectivity index (χ2v) is 7.69. The van der Waals surface area contributed by atoms with Gasteiger partial charge in [0.1, 0.15) is 0 Å². The van der Waals surface area contributed by atoms with E-state index < -0.39 is 0 Å². The highest BCUT2D eigenvalue weighted by Gasteiger charge is 2.37. The van der Waals surface area contributed by atoms with E-state index in [1.165, 1.54) is 0 Å². The van der Waals surface area contributed by atoms with E-state index in [9.17, 15) is 9.59 Å². The Hall–Kier alpha value is -1.59. The minimum absolute atomic E-state index is 0. The highest BCUT2D eigenvalue weighted by atomic mass is 35.5. The summed E-state index contributed by atoms with van der Waals surface area (Å²) in [5, 5.41) is 0. The summed E-state index contributed by atoms with van der Waals surface area (Å²) in [5.74, 6) is -0.234. The maximum absolute atomic E-state index is 12.7. The van der Waals surface area contributed by atoms with Gasteiger partial charge in [-0.25, -0.2) is 0 Å². The fourth-order valence-electron chi connectivity index (χ4n) is 3.23. The first kappa shape index (κ1) is 21.5. The zero-order valence-corrected chi connectivity index (χ0v) is 16.7. The van der Waals surface area contributed by atoms with Gasteiger partial charge in [-0.1, -0.05) is 26.0 Å². The molecule has 1 unspecified atom stereocenters. The number of rotatable bonds is 5. The van der Waals surface area contributed by atoms with Crippen LogP contribution in [0.5, 0.6) is 0 Å².